The average Bonchev–Trinajstić information content (AvgIpc) is 3.15. The Balaban J connectivity index is 1.50. The van der Waals surface area contributed by atoms with Gasteiger partial charge in [0.25, 0.3) is 5.91 Å². The maximum absolute atomic E-state index is 14.0. The zero-order valence-electron chi connectivity index (χ0n) is 24.2. The number of urea groups is 1. The minimum Gasteiger partial charge on any atom is -0.363 e. The topological polar surface area (TPSA) is 151 Å². The number of carbonyl (C=O) groups is 5. The van der Waals surface area contributed by atoms with Crippen LogP contribution in [0.4, 0.5) is 4.79 Å². The molecule has 4 fully saturated rings. The van der Waals surface area contributed by atoms with Gasteiger partial charge in [0.2, 0.25) is 17.6 Å². The monoisotopic (exact) mass is 545 g/mol. The molecule has 5 amide bonds. The number of primary amides is 1. The van der Waals surface area contributed by atoms with Gasteiger partial charge in [-0.15, -0.1) is 0 Å². The van der Waals surface area contributed by atoms with Gasteiger partial charge in [0, 0.05) is 12.6 Å². The van der Waals surface area contributed by atoms with E-state index >= 15 is 0 Å². The second-order valence-electron chi connectivity index (χ2n) is 14.0. The highest BCUT2D eigenvalue weighted by Gasteiger charge is 2.70. The Morgan fingerprint density at radius 3 is 2.13 bits per heavy atom. The van der Waals surface area contributed by atoms with E-state index in [-0.39, 0.29) is 41.1 Å². The molecule has 5 N–H and O–H groups in total. The van der Waals surface area contributed by atoms with Gasteiger partial charge in [-0.25, -0.2) is 4.79 Å². The number of ketones is 1. The molecule has 1 heterocycles. The van der Waals surface area contributed by atoms with Crippen molar-refractivity contribution >= 4 is 29.5 Å². The molecule has 1 aliphatic heterocycles. The lowest BCUT2D eigenvalue weighted by Crippen LogP contribution is -2.61. The van der Waals surface area contributed by atoms with Crippen LogP contribution >= 0.6 is 0 Å². The minimum atomic E-state index is -1.07. The van der Waals surface area contributed by atoms with Crippen molar-refractivity contribution in [3.8, 4) is 0 Å². The Morgan fingerprint density at radius 2 is 1.59 bits per heavy atom. The van der Waals surface area contributed by atoms with E-state index in [0.29, 0.717) is 13.0 Å². The van der Waals surface area contributed by atoms with Crippen LogP contribution in [0.2, 0.25) is 0 Å². The van der Waals surface area contributed by atoms with Crippen LogP contribution in [0.25, 0.3) is 0 Å². The number of Topliss-reactive ketones (excluding diaryl/α,β-unsaturated/α-hetero) is 1. The molecular formula is C29H47N5O5. The van der Waals surface area contributed by atoms with E-state index in [1.165, 1.54) is 6.42 Å². The molecule has 0 bridgehead atoms. The Morgan fingerprint density at radius 1 is 0.949 bits per heavy atom. The van der Waals surface area contributed by atoms with Crippen LogP contribution in [0.1, 0.15) is 92.4 Å². The zero-order valence-corrected chi connectivity index (χ0v) is 24.2. The number of nitrogens with one attached hydrogen (secondary N) is 3. The van der Waals surface area contributed by atoms with Crippen LogP contribution in [0.15, 0.2) is 0 Å². The Kier molecular flexibility index (Phi) is 8.34. The lowest BCUT2D eigenvalue weighted by atomic mass is 9.80. The van der Waals surface area contributed by atoms with Crippen molar-refractivity contribution in [1.29, 1.82) is 0 Å². The van der Waals surface area contributed by atoms with Crippen molar-refractivity contribution < 1.29 is 24.0 Å². The molecule has 39 heavy (non-hydrogen) atoms. The number of carbonyl (C=O) groups excluding carboxylic acids is 5. The van der Waals surface area contributed by atoms with Crippen molar-refractivity contribution in [2.75, 3.05) is 6.54 Å². The summed E-state index contributed by atoms with van der Waals surface area (Å²) in [6, 6.07) is -2.88. The summed E-state index contributed by atoms with van der Waals surface area (Å²) < 4.78 is 0. The van der Waals surface area contributed by atoms with E-state index in [1.807, 2.05) is 20.8 Å². The lowest BCUT2D eigenvalue weighted by molar-refractivity contribution is -0.145. The highest BCUT2D eigenvalue weighted by molar-refractivity contribution is 6.37. The summed E-state index contributed by atoms with van der Waals surface area (Å²) in [6.45, 7) is 10.3. The summed E-state index contributed by atoms with van der Waals surface area (Å²) in [4.78, 5) is 66.7. The number of amides is 5. The third-order valence-corrected chi connectivity index (χ3v) is 9.76. The number of nitrogens with two attached hydrogens (primary N) is 1. The first-order valence-electron chi connectivity index (χ1n) is 14.7. The van der Waals surface area contributed by atoms with Crippen LogP contribution in [0.5, 0.6) is 0 Å². The molecule has 10 heteroatoms. The van der Waals surface area contributed by atoms with E-state index in [2.05, 4.69) is 29.8 Å². The molecule has 0 aromatic carbocycles. The third kappa shape index (κ3) is 6.24. The van der Waals surface area contributed by atoms with E-state index in [0.717, 1.165) is 44.9 Å². The average molecular weight is 546 g/mol. The van der Waals surface area contributed by atoms with Crippen LogP contribution < -0.4 is 21.7 Å². The Hall–Kier alpha value is -2.65. The quantitative estimate of drug-likeness (QED) is 0.328. The second kappa shape index (κ2) is 11.1. The van der Waals surface area contributed by atoms with Crippen LogP contribution in [-0.2, 0) is 19.2 Å². The molecule has 3 saturated carbocycles. The molecule has 10 nitrogen and oxygen atoms in total. The molecule has 0 aromatic heterocycles. The molecule has 4 unspecified atom stereocenters. The Bertz CT molecular complexity index is 995. The number of likely N-dealkylation sites (tertiary alicyclic amines) is 1. The van der Waals surface area contributed by atoms with Gasteiger partial charge >= 0.3 is 6.03 Å². The summed E-state index contributed by atoms with van der Waals surface area (Å²) in [6.07, 6.45) is 8.53. The van der Waals surface area contributed by atoms with Gasteiger partial charge in [-0.05, 0) is 47.8 Å². The predicted molar refractivity (Wildman–Crippen MR) is 146 cm³/mol. The fraction of sp³-hybridized carbons (Fsp3) is 0.828. The van der Waals surface area contributed by atoms with Gasteiger partial charge < -0.3 is 26.6 Å². The fourth-order valence-electron chi connectivity index (χ4n) is 6.95. The van der Waals surface area contributed by atoms with Crippen molar-refractivity contribution in [3.05, 3.63) is 0 Å². The maximum atomic E-state index is 14.0. The number of hydrogen-bond donors (Lipinski definition) is 4. The van der Waals surface area contributed by atoms with Gasteiger partial charge in [0.1, 0.15) is 12.1 Å². The number of rotatable bonds is 9. The third-order valence-electron chi connectivity index (χ3n) is 9.76. The number of hydrogen-bond acceptors (Lipinski definition) is 5. The number of piperidine rings is 1. The molecular weight excluding hydrogens is 498 g/mol. The molecule has 4 aliphatic rings. The van der Waals surface area contributed by atoms with Crippen molar-refractivity contribution in [2.24, 2.45) is 34.3 Å². The molecule has 1 saturated heterocycles. The largest absolute Gasteiger partial charge is 0.363 e. The molecule has 5 atom stereocenters. The first kappa shape index (κ1) is 29.3. The second-order valence-corrected chi connectivity index (χ2v) is 14.0. The van der Waals surface area contributed by atoms with Crippen molar-refractivity contribution in [1.82, 2.24) is 20.9 Å². The minimum absolute atomic E-state index is 0.0637. The van der Waals surface area contributed by atoms with Gasteiger partial charge in [0.05, 0.1) is 6.04 Å². The first-order valence-corrected chi connectivity index (χ1v) is 14.7. The van der Waals surface area contributed by atoms with Crippen LogP contribution in [0, 0.1) is 28.6 Å². The summed E-state index contributed by atoms with van der Waals surface area (Å²) >= 11 is 0. The van der Waals surface area contributed by atoms with Crippen LogP contribution in [0.3, 0.4) is 0 Å². The molecule has 4 rings (SSSR count). The van der Waals surface area contributed by atoms with E-state index in [4.69, 9.17) is 5.73 Å². The van der Waals surface area contributed by atoms with Crippen molar-refractivity contribution in [2.45, 2.75) is 117 Å². The predicted octanol–water partition coefficient (Wildman–Crippen LogP) is 2.25. The van der Waals surface area contributed by atoms with Crippen molar-refractivity contribution in [3.63, 3.8) is 0 Å². The molecule has 0 spiro atoms. The zero-order chi connectivity index (χ0) is 28.7. The molecule has 218 valence electrons. The van der Waals surface area contributed by atoms with Gasteiger partial charge in [0.15, 0.2) is 0 Å². The maximum Gasteiger partial charge on any atom is 0.315 e. The molecule has 0 aromatic rings. The highest BCUT2D eigenvalue weighted by atomic mass is 16.2. The SMILES string of the molecule is CC(C)(C)C(NC(=O)NC1CCCCC1)C(=O)N1CC2C([C@H]1C(=O)NC(CC1CCC1)C(=O)C(N)=O)C2(C)C. The number of nitrogens with zero attached hydrogens (tertiary/aromatic N) is 1. The first-order chi connectivity index (χ1) is 18.2. The fourth-order valence-corrected chi connectivity index (χ4v) is 6.95. The molecule has 3 aliphatic carbocycles. The van der Waals surface area contributed by atoms with E-state index in [1.54, 1.807) is 4.90 Å². The molecule has 0 radical (unpaired) electrons. The van der Waals surface area contributed by atoms with E-state index < -0.39 is 41.1 Å². The summed E-state index contributed by atoms with van der Waals surface area (Å²) in [5.41, 5.74) is 4.58. The van der Waals surface area contributed by atoms with Gasteiger partial charge in [-0.3, -0.25) is 19.2 Å². The number of fused-ring (bicyclic) bond motifs is 1. The summed E-state index contributed by atoms with van der Waals surface area (Å²) in [7, 11) is 0. The Labute approximate surface area is 231 Å². The lowest BCUT2D eigenvalue weighted by Gasteiger charge is -2.38. The summed E-state index contributed by atoms with van der Waals surface area (Å²) in [5.74, 6) is -2.25. The van der Waals surface area contributed by atoms with E-state index in [9.17, 15) is 24.0 Å². The highest BCUT2D eigenvalue weighted by Crippen LogP contribution is 2.65. The standard InChI is InChI=1S/C29H47N5O5/c1-28(2,3)23(33-27(39)31-17-12-7-6-8-13-17)26(38)34-15-18-20(29(18,4)5)21(34)25(37)32-19(22(35)24(30)36)14-16-10-9-11-16/h16-21,23H,6-15H2,1-5H3,(H2,30,36)(H,32,37)(H2,31,33,39)/t18?,19?,20?,21-,23?/m0/s1. The van der Waals surface area contributed by atoms with Gasteiger partial charge in [-0.1, -0.05) is 73.1 Å². The van der Waals surface area contributed by atoms with Crippen LogP contribution in [-0.4, -0.2) is 65.1 Å². The van der Waals surface area contributed by atoms with Gasteiger partial charge in [-0.2, -0.15) is 0 Å². The normalized spacial score (nSPS) is 27.9. The smallest absolute Gasteiger partial charge is 0.315 e. The summed E-state index contributed by atoms with van der Waals surface area (Å²) in [5, 5.41) is 8.75.